The lowest BCUT2D eigenvalue weighted by atomic mass is 9.99. The van der Waals surface area contributed by atoms with Crippen molar-refractivity contribution in [3.63, 3.8) is 0 Å². The molecule has 3 nitrogen and oxygen atoms in total. The van der Waals surface area contributed by atoms with Crippen LogP contribution in [-0.2, 0) is 6.42 Å². The van der Waals surface area contributed by atoms with Crippen LogP contribution < -0.4 is 4.90 Å². The number of hydrogen-bond acceptors (Lipinski definition) is 3. The first-order chi connectivity index (χ1) is 10.7. The molecule has 0 aliphatic carbocycles. The van der Waals surface area contributed by atoms with Crippen molar-refractivity contribution < 1.29 is 0 Å². The Balaban J connectivity index is 2.08. The second-order valence-electron chi connectivity index (χ2n) is 6.46. The minimum Gasteiger partial charge on any atom is -0.356 e. The zero-order valence-electron chi connectivity index (χ0n) is 13.5. The van der Waals surface area contributed by atoms with Crippen LogP contribution in [0.1, 0.15) is 50.2 Å². The lowest BCUT2D eigenvalue weighted by molar-refractivity contribution is 0.573. The molecule has 0 radical (unpaired) electrons. The van der Waals surface area contributed by atoms with E-state index in [0.29, 0.717) is 12.3 Å². The molecule has 1 aliphatic rings. The zero-order chi connectivity index (χ0) is 15.5. The second-order valence-corrected chi connectivity index (χ2v) is 6.46. The normalized spacial score (nSPS) is 15.3. The third-order valence-electron chi connectivity index (χ3n) is 4.49. The van der Waals surface area contributed by atoms with E-state index in [-0.39, 0.29) is 0 Å². The molecule has 1 aromatic carbocycles. The molecule has 0 amide bonds. The average Bonchev–Trinajstić information content (AvgIpc) is 2.54. The van der Waals surface area contributed by atoms with E-state index in [1.165, 1.54) is 24.8 Å². The highest BCUT2D eigenvalue weighted by atomic mass is 15.2. The van der Waals surface area contributed by atoms with Gasteiger partial charge in [0.1, 0.15) is 5.82 Å². The van der Waals surface area contributed by atoms with Gasteiger partial charge in [0, 0.05) is 24.0 Å². The highest BCUT2D eigenvalue weighted by molar-refractivity contribution is 5.83. The molecule has 22 heavy (non-hydrogen) atoms. The summed E-state index contributed by atoms with van der Waals surface area (Å²) in [6.45, 7) is 6.52. The summed E-state index contributed by atoms with van der Waals surface area (Å²) < 4.78 is 0. The van der Waals surface area contributed by atoms with Gasteiger partial charge < -0.3 is 4.90 Å². The van der Waals surface area contributed by atoms with Crippen LogP contribution in [0.4, 0.5) is 5.82 Å². The topological polar surface area (TPSA) is 39.9 Å². The van der Waals surface area contributed by atoms with Crippen molar-refractivity contribution in [2.24, 2.45) is 0 Å². The monoisotopic (exact) mass is 293 g/mol. The third-order valence-corrected chi connectivity index (χ3v) is 4.49. The number of rotatable bonds is 3. The molecule has 1 fully saturated rings. The molecule has 3 heteroatoms. The Bertz CT molecular complexity index is 706. The van der Waals surface area contributed by atoms with Crippen molar-refractivity contribution in [3.05, 3.63) is 35.4 Å². The standard InChI is InChI=1S/C19H23N3/c1-14(2)15-6-7-18-17(12-15)13-16(8-9-20)19(21-18)22-10-4-3-5-11-22/h6-7,12-14H,3-5,8,10-11H2,1-2H3. The van der Waals surface area contributed by atoms with Gasteiger partial charge in [0.15, 0.2) is 0 Å². The second kappa shape index (κ2) is 6.36. The van der Waals surface area contributed by atoms with E-state index in [1.807, 2.05) is 0 Å². The Morgan fingerprint density at radius 2 is 1.95 bits per heavy atom. The number of anilines is 1. The molecule has 0 unspecified atom stereocenters. The van der Waals surface area contributed by atoms with Crippen molar-refractivity contribution in [1.29, 1.82) is 5.26 Å². The van der Waals surface area contributed by atoms with Crippen molar-refractivity contribution >= 4 is 16.7 Å². The smallest absolute Gasteiger partial charge is 0.133 e. The molecule has 114 valence electrons. The summed E-state index contributed by atoms with van der Waals surface area (Å²) in [6.07, 6.45) is 4.17. The van der Waals surface area contributed by atoms with Gasteiger partial charge in [-0.1, -0.05) is 19.9 Å². The number of nitrogens with zero attached hydrogens (tertiary/aromatic N) is 3. The van der Waals surface area contributed by atoms with Gasteiger partial charge in [0.05, 0.1) is 18.0 Å². The lowest BCUT2D eigenvalue weighted by Gasteiger charge is -2.29. The molecule has 2 heterocycles. The van der Waals surface area contributed by atoms with E-state index in [0.717, 1.165) is 35.4 Å². The predicted molar refractivity (Wildman–Crippen MR) is 91.2 cm³/mol. The van der Waals surface area contributed by atoms with Crippen LogP contribution >= 0.6 is 0 Å². The van der Waals surface area contributed by atoms with Crippen molar-refractivity contribution in [3.8, 4) is 6.07 Å². The number of aromatic nitrogens is 1. The maximum absolute atomic E-state index is 9.16. The summed E-state index contributed by atoms with van der Waals surface area (Å²) >= 11 is 0. The van der Waals surface area contributed by atoms with E-state index in [4.69, 9.17) is 10.2 Å². The summed E-state index contributed by atoms with van der Waals surface area (Å²) in [7, 11) is 0. The van der Waals surface area contributed by atoms with Crippen LogP contribution in [0.3, 0.4) is 0 Å². The molecule has 0 N–H and O–H groups in total. The molecular weight excluding hydrogens is 270 g/mol. The van der Waals surface area contributed by atoms with Crippen LogP contribution in [-0.4, -0.2) is 18.1 Å². The first-order valence-corrected chi connectivity index (χ1v) is 8.24. The summed E-state index contributed by atoms with van der Waals surface area (Å²) in [5, 5.41) is 10.3. The van der Waals surface area contributed by atoms with Gasteiger partial charge in [-0.2, -0.15) is 5.26 Å². The minimum absolute atomic E-state index is 0.431. The number of pyridine rings is 1. The fourth-order valence-corrected chi connectivity index (χ4v) is 3.18. The summed E-state index contributed by atoms with van der Waals surface area (Å²) in [5.74, 6) is 1.52. The van der Waals surface area contributed by atoms with E-state index in [2.05, 4.69) is 49.1 Å². The maximum Gasteiger partial charge on any atom is 0.133 e. The first kappa shape index (κ1) is 14.8. The molecule has 0 bridgehead atoms. The number of piperidine rings is 1. The van der Waals surface area contributed by atoms with Gasteiger partial charge in [-0.25, -0.2) is 4.98 Å². The highest BCUT2D eigenvalue weighted by Gasteiger charge is 2.17. The molecule has 1 saturated heterocycles. The maximum atomic E-state index is 9.16. The number of nitriles is 1. The molecule has 2 aromatic rings. The SMILES string of the molecule is CC(C)c1ccc2nc(N3CCCCC3)c(CC#N)cc2c1. The predicted octanol–water partition coefficient (Wildman–Crippen LogP) is 4.41. The Morgan fingerprint density at radius 3 is 2.64 bits per heavy atom. The molecule has 0 spiro atoms. The van der Waals surface area contributed by atoms with E-state index >= 15 is 0 Å². The minimum atomic E-state index is 0.431. The lowest BCUT2D eigenvalue weighted by Crippen LogP contribution is -2.31. The van der Waals surface area contributed by atoms with Gasteiger partial charge in [0.2, 0.25) is 0 Å². The van der Waals surface area contributed by atoms with E-state index in [1.54, 1.807) is 0 Å². The van der Waals surface area contributed by atoms with Crippen molar-refractivity contribution in [2.45, 2.75) is 45.4 Å². The number of fused-ring (bicyclic) bond motifs is 1. The van der Waals surface area contributed by atoms with Gasteiger partial charge in [-0.15, -0.1) is 0 Å². The van der Waals surface area contributed by atoms with E-state index in [9.17, 15) is 0 Å². The molecule has 0 atom stereocenters. The van der Waals surface area contributed by atoms with Crippen LogP contribution in [0.2, 0.25) is 0 Å². The quantitative estimate of drug-likeness (QED) is 0.841. The molecular formula is C19H23N3. The largest absolute Gasteiger partial charge is 0.356 e. The first-order valence-electron chi connectivity index (χ1n) is 8.24. The number of benzene rings is 1. The van der Waals surface area contributed by atoms with Gasteiger partial charge in [-0.05, 0) is 48.9 Å². The van der Waals surface area contributed by atoms with Crippen LogP contribution in [0, 0.1) is 11.3 Å². The van der Waals surface area contributed by atoms with Crippen LogP contribution in [0.5, 0.6) is 0 Å². The van der Waals surface area contributed by atoms with E-state index < -0.39 is 0 Å². The van der Waals surface area contributed by atoms with Gasteiger partial charge >= 0.3 is 0 Å². The Hall–Kier alpha value is -2.08. The molecule has 0 saturated carbocycles. The summed E-state index contributed by atoms with van der Waals surface area (Å²) in [6, 6.07) is 11.0. The molecule has 3 rings (SSSR count). The van der Waals surface area contributed by atoms with Crippen molar-refractivity contribution in [2.75, 3.05) is 18.0 Å². The Morgan fingerprint density at radius 1 is 1.18 bits per heavy atom. The molecule has 1 aliphatic heterocycles. The Kier molecular flexibility index (Phi) is 4.29. The average molecular weight is 293 g/mol. The third kappa shape index (κ3) is 2.92. The van der Waals surface area contributed by atoms with Crippen LogP contribution in [0.15, 0.2) is 24.3 Å². The highest BCUT2D eigenvalue weighted by Crippen LogP contribution is 2.28. The van der Waals surface area contributed by atoms with Gasteiger partial charge in [0.25, 0.3) is 0 Å². The Labute approximate surface area is 132 Å². The fourth-order valence-electron chi connectivity index (χ4n) is 3.18. The molecule has 1 aromatic heterocycles. The zero-order valence-corrected chi connectivity index (χ0v) is 13.5. The fraction of sp³-hybridized carbons (Fsp3) is 0.474. The summed E-state index contributed by atoms with van der Waals surface area (Å²) in [5.41, 5.74) is 3.42. The van der Waals surface area contributed by atoms with Crippen LogP contribution in [0.25, 0.3) is 10.9 Å². The summed E-state index contributed by atoms with van der Waals surface area (Å²) in [4.78, 5) is 7.25. The number of hydrogen-bond donors (Lipinski definition) is 0. The van der Waals surface area contributed by atoms with Crippen molar-refractivity contribution in [1.82, 2.24) is 4.98 Å². The van der Waals surface area contributed by atoms with Gasteiger partial charge in [-0.3, -0.25) is 0 Å².